The molecule has 0 spiro atoms. The topological polar surface area (TPSA) is 78.9 Å². The van der Waals surface area contributed by atoms with Gasteiger partial charge in [0, 0.05) is 32.0 Å². The van der Waals surface area contributed by atoms with E-state index in [-0.39, 0.29) is 24.9 Å². The minimum atomic E-state index is -1.31. The number of carbonyl (C=O) groups excluding carboxylic acids is 1. The number of benzene rings is 2. The number of rotatable bonds is 4. The lowest BCUT2D eigenvalue weighted by atomic mass is 9.91. The molecule has 0 aromatic heterocycles. The molecule has 0 bridgehead atoms. The minimum absolute atomic E-state index is 0.0440. The van der Waals surface area contributed by atoms with Gasteiger partial charge in [0.25, 0.3) is 0 Å². The molecule has 1 aliphatic heterocycles. The highest BCUT2D eigenvalue weighted by Crippen LogP contribution is 2.31. The van der Waals surface area contributed by atoms with Crippen LogP contribution in [0.2, 0.25) is 0 Å². The van der Waals surface area contributed by atoms with E-state index in [1.54, 1.807) is 11.0 Å². The molecule has 6 heteroatoms. The molecule has 2 N–H and O–H groups in total. The second kappa shape index (κ2) is 7.23. The number of aliphatic carboxylic acids is 1. The molecule has 1 saturated heterocycles. The number of carbonyl (C=O) groups is 2. The maximum Gasteiger partial charge on any atom is 0.348 e. The van der Waals surface area contributed by atoms with Crippen molar-refractivity contribution in [3.8, 4) is 5.75 Å². The summed E-state index contributed by atoms with van der Waals surface area (Å²) in [5.41, 5.74) is -1.31. The normalized spacial score (nSPS) is 16.5. The highest BCUT2D eigenvalue weighted by molar-refractivity contribution is 5.84. The van der Waals surface area contributed by atoms with Gasteiger partial charge in [0.2, 0.25) is 5.60 Å². The molecule has 3 rings (SSSR count). The van der Waals surface area contributed by atoms with Crippen LogP contribution in [-0.2, 0) is 4.79 Å². The zero-order valence-electron chi connectivity index (χ0n) is 15.1. The number of likely N-dealkylation sites (tertiary alicyclic amines) is 1. The van der Waals surface area contributed by atoms with E-state index in [0.717, 1.165) is 10.8 Å². The van der Waals surface area contributed by atoms with Crippen LogP contribution in [0, 0.1) is 0 Å². The number of piperidine rings is 1. The maximum atomic E-state index is 12.1. The first-order valence-corrected chi connectivity index (χ1v) is 8.86. The molecule has 2 amide bonds. The van der Waals surface area contributed by atoms with Crippen LogP contribution in [0.3, 0.4) is 0 Å². The first-order valence-electron chi connectivity index (χ1n) is 8.86. The summed E-state index contributed by atoms with van der Waals surface area (Å²) in [6.07, 6.45) is 0.501. The van der Waals surface area contributed by atoms with Gasteiger partial charge in [-0.25, -0.2) is 9.59 Å². The molecule has 0 aliphatic carbocycles. The minimum Gasteiger partial charge on any atom is -0.478 e. The third kappa shape index (κ3) is 3.74. The predicted molar refractivity (Wildman–Crippen MR) is 99.4 cm³/mol. The van der Waals surface area contributed by atoms with Crippen LogP contribution < -0.4 is 10.1 Å². The summed E-state index contributed by atoms with van der Waals surface area (Å²) in [7, 11) is 0. The van der Waals surface area contributed by atoms with Crippen LogP contribution in [0.25, 0.3) is 10.8 Å². The first kappa shape index (κ1) is 18.0. The molecule has 1 fully saturated rings. The summed E-state index contributed by atoms with van der Waals surface area (Å²) in [6.45, 7) is 4.48. The Morgan fingerprint density at radius 2 is 1.77 bits per heavy atom. The molecule has 0 atom stereocenters. The van der Waals surface area contributed by atoms with Crippen molar-refractivity contribution < 1.29 is 19.4 Å². The molecular formula is C20H24N2O4. The Morgan fingerprint density at radius 3 is 2.38 bits per heavy atom. The van der Waals surface area contributed by atoms with Crippen molar-refractivity contribution in [2.24, 2.45) is 0 Å². The smallest absolute Gasteiger partial charge is 0.348 e. The third-order valence-corrected chi connectivity index (χ3v) is 4.69. The summed E-state index contributed by atoms with van der Waals surface area (Å²) >= 11 is 0. The van der Waals surface area contributed by atoms with Crippen molar-refractivity contribution in [1.29, 1.82) is 0 Å². The van der Waals surface area contributed by atoms with E-state index in [2.05, 4.69) is 5.32 Å². The highest BCUT2D eigenvalue weighted by atomic mass is 16.5. The summed E-state index contributed by atoms with van der Waals surface area (Å²) in [4.78, 5) is 25.7. The van der Waals surface area contributed by atoms with Crippen LogP contribution in [0.1, 0.15) is 26.7 Å². The summed E-state index contributed by atoms with van der Waals surface area (Å²) < 4.78 is 5.96. The highest BCUT2D eigenvalue weighted by Gasteiger charge is 2.45. The zero-order chi connectivity index (χ0) is 18.7. The number of carboxylic acids is 1. The van der Waals surface area contributed by atoms with E-state index in [9.17, 15) is 14.7 Å². The molecule has 1 heterocycles. The lowest BCUT2D eigenvalue weighted by Crippen LogP contribution is -2.56. The van der Waals surface area contributed by atoms with Crippen LogP contribution in [0.4, 0.5) is 4.79 Å². The molecule has 26 heavy (non-hydrogen) atoms. The van der Waals surface area contributed by atoms with Gasteiger partial charge in [-0.05, 0) is 36.8 Å². The second-order valence-electron chi connectivity index (χ2n) is 7.00. The average Bonchev–Trinajstić information content (AvgIpc) is 2.61. The van der Waals surface area contributed by atoms with Gasteiger partial charge in [-0.1, -0.05) is 30.3 Å². The third-order valence-electron chi connectivity index (χ3n) is 4.69. The fraction of sp³-hybridized carbons (Fsp3) is 0.400. The quantitative estimate of drug-likeness (QED) is 0.881. The molecule has 1 aliphatic rings. The molecule has 138 valence electrons. The van der Waals surface area contributed by atoms with Gasteiger partial charge < -0.3 is 20.1 Å². The van der Waals surface area contributed by atoms with Crippen LogP contribution in [-0.4, -0.2) is 46.7 Å². The SMILES string of the molecule is CC(C)NC(=O)N1CCC(Oc2ccc3ccccc3c2)(C(=O)O)CC1. The lowest BCUT2D eigenvalue weighted by molar-refractivity contribution is -0.159. The molecule has 0 radical (unpaired) electrons. The van der Waals surface area contributed by atoms with E-state index in [0.29, 0.717) is 18.8 Å². The van der Waals surface area contributed by atoms with Crippen molar-refractivity contribution in [3.63, 3.8) is 0 Å². The average molecular weight is 356 g/mol. The van der Waals surface area contributed by atoms with E-state index in [1.165, 1.54) is 0 Å². The molecular weight excluding hydrogens is 332 g/mol. The summed E-state index contributed by atoms with van der Waals surface area (Å²) in [6, 6.07) is 13.3. The largest absolute Gasteiger partial charge is 0.478 e. The van der Waals surface area contributed by atoms with E-state index >= 15 is 0 Å². The predicted octanol–water partition coefficient (Wildman–Crippen LogP) is 3.26. The summed E-state index contributed by atoms with van der Waals surface area (Å²) in [5.74, 6) is -0.458. The zero-order valence-corrected chi connectivity index (χ0v) is 15.1. The number of carboxylic acid groups (broad SMARTS) is 1. The van der Waals surface area contributed by atoms with Gasteiger partial charge >= 0.3 is 12.0 Å². The van der Waals surface area contributed by atoms with Crippen molar-refractivity contribution in [2.75, 3.05) is 13.1 Å². The number of ether oxygens (including phenoxy) is 1. The number of nitrogens with one attached hydrogen (secondary N) is 1. The molecule has 6 nitrogen and oxygen atoms in total. The van der Waals surface area contributed by atoms with E-state index in [1.807, 2.05) is 50.2 Å². The van der Waals surface area contributed by atoms with E-state index in [4.69, 9.17) is 4.74 Å². The van der Waals surface area contributed by atoms with Crippen molar-refractivity contribution in [1.82, 2.24) is 10.2 Å². The van der Waals surface area contributed by atoms with Gasteiger partial charge in [0.05, 0.1) is 0 Å². The Labute approximate surface area is 152 Å². The fourth-order valence-corrected chi connectivity index (χ4v) is 3.23. The first-order chi connectivity index (χ1) is 12.4. The van der Waals surface area contributed by atoms with Gasteiger partial charge in [0.1, 0.15) is 5.75 Å². The maximum absolute atomic E-state index is 12.1. The van der Waals surface area contributed by atoms with Crippen molar-refractivity contribution in [2.45, 2.75) is 38.3 Å². The fourth-order valence-electron chi connectivity index (χ4n) is 3.23. The lowest BCUT2D eigenvalue weighted by Gasteiger charge is -2.39. The number of nitrogens with zero attached hydrogens (tertiary/aromatic N) is 1. The summed E-state index contributed by atoms with van der Waals surface area (Å²) in [5, 5.41) is 14.7. The molecule has 2 aromatic rings. The van der Waals surface area contributed by atoms with Gasteiger partial charge in [-0.3, -0.25) is 0 Å². The van der Waals surface area contributed by atoms with Gasteiger partial charge in [0.15, 0.2) is 0 Å². The van der Waals surface area contributed by atoms with Crippen LogP contribution in [0.15, 0.2) is 42.5 Å². The number of amides is 2. The van der Waals surface area contributed by atoms with Gasteiger partial charge in [-0.2, -0.15) is 0 Å². The Hall–Kier alpha value is -2.76. The van der Waals surface area contributed by atoms with Crippen molar-refractivity contribution in [3.05, 3.63) is 42.5 Å². The van der Waals surface area contributed by atoms with Crippen LogP contribution >= 0.6 is 0 Å². The number of fused-ring (bicyclic) bond motifs is 1. The number of hydrogen-bond acceptors (Lipinski definition) is 3. The Bertz CT molecular complexity index is 810. The second-order valence-corrected chi connectivity index (χ2v) is 7.00. The van der Waals surface area contributed by atoms with Gasteiger partial charge in [-0.15, -0.1) is 0 Å². The van der Waals surface area contributed by atoms with E-state index < -0.39 is 11.6 Å². The molecule has 2 aromatic carbocycles. The van der Waals surface area contributed by atoms with Crippen molar-refractivity contribution >= 4 is 22.8 Å². The number of hydrogen-bond donors (Lipinski definition) is 2. The molecule has 0 unspecified atom stereocenters. The Balaban J connectivity index is 1.75. The standard InChI is InChI=1S/C20H24N2O4/c1-14(2)21-19(25)22-11-9-20(10-12-22,18(23)24)26-17-8-7-15-5-3-4-6-16(15)13-17/h3-8,13-14H,9-12H2,1-2H3,(H,21,25)(H,23,24). The monoisotopic (exact) mass is 356 g/mol. The van der Waals surface area contributed by atoms with Crippen LogP contribution in [0.5, 0.6) is 5.75 Å². The molecule has 0 saturated carbocycles. The Morgan fingerprint density at radius 1 is 1.12 bits per heavy atom. The number of urea groups is 1. The Kier molecular flexibility index (Phi) is 5.02.